The van der Waals surface area contributed by atoms with Crippen molar-refractivity contribution in [2.45, 2.75) is 20.0 Å². The summed E-state index contributed by atoms with van der Waals surface area (Å²) >= 11 is 0. The lowest BCUT2D eigenvalue weighted by Gasteiger charge is -2.01. The molecule has 0 heterocycles. The summed E-state index contributed by atoms with van der Waals surface area (Å²) in [4.78, 5) is 11.2. The normalized spacial score (nSPS) is 10.1. The van der Waals surface area contributed by atoms with Gasteiger partial charge >= 0.3 is 0 Å². The summed E-state index contributed by atoms with van der Waals surface area (Å²) in [6.45, 7) is 1.47. The summed E-state index contributed by atoms with van der Waals surface area (Å²) in [5, 5.41) is 8.76. The molecule has 0 unspecified atom stereocenters. The fourth-order valence-electron chi connectivity index (χ4n) is 1.11. The van der Waals surface area contributed by atoms with Crippen LogP contribution in [0.15, 0.2) is 18.2 Å². The second-order valence-corrected chi connectivity index (χ2v) is 2.78. The van der Waals surface area contributed by atoms with Gasteiger partial charge in [0, 0.05) is 12.0 Å². The first kappa shape index (κ1) is 9.86. The standard InChI is InChI=1S/C10H11FO2/c1-2-10(13)8-3-7(6-12)4-9(11)5-8/h3-5,12H,2,6H2,1H3. The van der Waals surface area contributed by atoms with E-state index < -0.39 is 5.82 Å². The lowest BCUT2D eigenvalue weighted by atomic mass is 10.1. The van der Waals surface area contributed by atoms with Crippen LogP contribution >= 0.6 is 0 Å². The molecule has 0 saturated heterocycles. The Morgan fingerprint density at radius 2 is 2.15 bits per heavy atom. The lowest BCUT2D eigenvalue weighted by molar-refractivity contribution is 0.0987. The van der Waals surface area contributed by atoms with E-state index in [4.69, 9.17) is 5.11 Å². The molecule has 3 heteroatoms. The highest BCUT2D eigenvalue weighted by molar-refractivity contribution is 5.95. The molecule has 0 aliphatic rings. The van der Waals surface area contributed by atoms with Crippen LogP contribution in [0.3, 0.4) is 0 Å². The molecule has 1 rings (SSSR count). The highest BCUT2D eigenvalue weighted by Gasteiger charge is 2.06. The van der Waals surface area contributed by atoms with Crippen LogP contribution in [0.5, 0.6) is 0 Å². The highest BCUT2D eigenvalue weighted by atomic mass is 19.1. The molecule has 0 spiro atoms. The average Bonchev–Trinajstić information content (AvgIpc) is 2.15. The largest absolute Gasteiger partial charge is 0.392 e. The summed E-state index contributed by atoms with van der Waals surface area (Å²) in [7, 11) is 0. The van der Waals surface area contributed by atoms with Crippen LogP contribution in [0.2, 0.25) is 0 Å². The molecular formula is C10H11FO2. The van der Waals surface area contributed by atoms with Crippen LogP contribution < -0.4 is 0 Å². The van der Waals surface area contributed by atoms with Crippen LogP contribution in [0.25, 0.3) is 0 Å². The summed E-state index contributed by atoms with van der Waals surface area (Å²) in [6.07, 6.45) is 0.342. The smallest absolute Gasteiger partial charge is 0.162 e. The van der Waals surface area contributed by atoms with Crippen molar-refractivity contribution in [3.8, 4) is 0 Å². The fourth-order valence-corrected chi connectivity index (χ4v) is 1.11. The van der Waals surface area contributed by atoms with Crippen molar-refractivity contribution in [2.24, 2.45) is 0 Å². The summed E-state index contributed by atoms with van der Waals surface area (Å²) in [6, 6.07) is 3.91. The zero-order valence-corrected chi connectivity index (χ0v) is 7.38. The quantitative estimate of drug-likeness (QED) is 0.725. The molecule has 1 aromatic carbocycles. The second-order valence-electron chi connectivity index (χ2n) is 2.78. The maximum atomic E-state index is 12.8. The maximum absolute atomic E-state index is 12.8. The molecule has 0 fully saturated rings. The highest BCUT2D eigenvalue weighted by Crippen LogP contribution is 2.11. The number of aliphatic hydroxyl groups excluding tert-OH is 1. The molecule has 0 amide bonds. The first-order chi connectivity index (χ1) is 6.17. The summed E-state index contributed by atoms with van der Waals surface area (Å²) in [5.74, 6) is -0.599. The number of rotatable bonds is 3. The van der Waals surface area contributed by atoms with E-state index in [1.807, 2.05) is 0 Å². The zero-order valence-electron chi connectivity index (χ0n) is 7.38. The minimum atomic E-state index is -0.483. The molecular weight excluding hydrogens is 171 g/mol. The SMILES string of the molecule is CCC(=O)c1cc(F)cc(CO)c1. The lowest BCUT2D eigenvalue weighted by Crippen LogP contribution is -1.99. The van der Waals surface area contributed by atoms with Gasteiger partial charge in [0.2, 0.25) is 0 Å². The third kappa shape index (κ3) is 2.36. The van der Waals surface area contributed by atoms with Crippen LogP contribution in [0.1, 0.15) is 29.3 Å². The van der Waals surface area contributed by atoms with E-state index in [-0.39, 0.29) is 12.4 Å². The number of aliphatic hydroxyl groups is 1. The number of hydrogen-bond acceptors (Lipinski definition) is 2. The molecule has 0 aromatic heterocycles. The van der Waals surface area contributed by atoms with Gasteiger partial charge in [-0.1, -0.05) is 6.92 Å². The Balaban J connectivity index is 3.08. The Bertz CT molecular complexity index is 321. The van der Waals surface area contributed by atoms with Gasteiger partial charge in [-0.3, -0.25) is 4.79 Å². The van der Waals surface area contributed by atoms with E-state index in [2.05, 4.69) is 0 Å². The molecule has 0 saturated carbocycles. The van der Waals surface area contributed by atoms with Crippen LogP contribution in [0.4, 0.5) is 4.39 Å². The molecule has 1 N–H and O–H groups in total. The van der Waals surface area contributed by atoms with Crippen LogP contribution in [-0.2, 0) is 6.61 Å². The van der Waals surface area contributed by atoms with Crippen molar-refractivity contribution in [3.05, 3.63) is 35.1 Å². The number of carbonyl (C=O) groups excluding carboxylic acids is 1. The minimum Gasteiger partial charge on any atom is -0.392 e. The second kappa shape index (κ2) is 4.14. The van der Waals surface area contributed by atoms with Gasteiger partial charge in [0.15, 0.2) is 5.78 Å². The number of hydrogen-bond donors (Lipinski definition) is 1. The van der Waals surface area contributed by atoms with Gasteiger partial charge in [-0.05, 0) is 23.8 Å². The summed E-state index contributed by atoms with van der Waals surface area (Å²) < 4.78 is 12.8. The Hall–Kier alpha value is -1.22. The Morgan fingerprint density at radius 1 is 1.46 bits per heavy atom. The minimum absolute atomic E-state index is 0.116. The Morgan fingerprint density at radius 3 is 2.69 bits per heavy atom. The first-order valence-corrected chi connectivity index (χ1v) is 4.11. The fraction of sp³-hybridized carbons (Fsp3) is 0.300. The van der Waals surface area contributed by atoms with Crippen LogP contribution in [0, 0.1) is 5.82 Å². The van der Waals surface area contributed by atoms with E-state index in [0.29, 0.717) is 17.5 Å². The van der Waals surface area contributed by atoms with Crippen molar-refractivity contribution in [2.75, 3.05) is 0 Å². The van der Waals surface area contributed by atoms with E-state index in [9.17, 15) is 9.18 Å². The van der Waals surface area contributed by atoms with Crippen molar-refractivity contribution in [1.29, 1.82) is 0 Å². The number of benzene rings is 1. The topological polar surface area (TPSA) is 37.3 Å². The molecule has 2 nitrogen and oxygen atoms in total. The molecule has 13 heavy (non-hydrogen) atoms. The van der Waals surface area contributed by atoms with Crippen molar-refractivity contribution >= 4 is 5.78 Å². The molecule has 0 bridgehead atoms. The average molecular weight is 182 g/mol. The Labute approximate surface area is 76.0 Å². The number of Topliss-reactive ketones (excluding diaryl/α,β-unsaturated/α-hetero) is 1. The van der Waals surface area contributed by atoms with E-state index in [0.717, 1.165) is 0 Å². The maximum Gasteiger partial charge on any atom is 0.162 e. The number of ketones is 1. The number of carbonyl (C=O) groups is 1. The van der Waals surface area contributed by atoms with E-state index >= 15 is 0 Å². The zero-order chi connectivity index (χ0) is 9.84. The first-order valence-electron chi connectivity index (χ1n) is 4.11. The van der Waals surface area contributed by atoms with Gasteiger partial charge in [-0.25, -0.2) is 4.39 Å². The van der Waals surface area contributed by atoms with Gasteiger partial charge in [0.1, 0.15) is 5.82 Å². The predicted molar refractivity (Wildman–Crippen MR) is 46.9 cm³/mol. The van der Waals surface area contributed by atoms with Crippen molar-refractivity contribution in [3.63, 3.8) is 0 Å². The van der Waals surface area contributed by atoms with Gasteiger partial charge in [-0.15, -0.1) is 0 Å². The number of halogens is 1. The van der Waals surface area contributed by atoms with Crippen molar-refractivity contribution in [1.82, 2.24) is 0 Å². The van der Waals surface area contributed by atoms with Gasteiger partial charge < -0.3 is 5.11 Å². The third-order valence-corrected chi connectivity index (χ3v) is 1.78. The van der Waals surface area contributed by atoms with Gasteiger partial charge in [0.05, 0.1) is 6.61 Å². The van der Waals surface area contributed by atoms with E-state index in [1.165, 1.54) is 18.2 Å². The molecule has 70 valence electrons. The predicted octanol–water partition coefficient (Wildman–Crippen LogP) is 1.91. The molecule has 0 aliphatic carbocycles. The molecule has 1 aromatic rings. The molecule has 0 radical (unpaired) electrons. The van der Waals surface area contributed by atoms with Crippen molar-refractivity contribution < 1.29 is 14.3 Å². The molecule has 0 aliphatic heterocycles. The van der Waals surface area contributed by atoms with Crippen LogP contribution in [-0.4, -0.2) is 10.9 Å². The third-order valence-electron chi connectivity index (χ3n) is 1.78. The Kier molecular flexibility index (Phi) is 3.14. The molecule has 0 atom stereocenters. The van der Waals surface area contributed by atoms with Gasteiger partial charge in [-0.2, -0.15) is 0 Å². The van der Waals surface area contributed by atoms with Gasteiger partial charge in [0.25, 0.3) is 0 Å². The summed E-state index contributed by atoms with van der Waals surface area (Å²) in [5.41, 5.74) is 0.753. The van der Waals surface area contributed by atoms with E-state index in [1.54, 1.807) is 6.92 Å². The monoisotopic (exact) mass is 182 g/mol.